The molecule has 0 unspecified atom stereocenters. The Kier molecular flexibility index (Phi) is 2.65. The van der Waals surface area contributed by atoms with E-state index in [0.717, 1.165) is 4.90 Å². The third-order valence-electron chi connectivity index (χ3n) is 1.73. The molecule has 1 saturated heterocycles. The molecule has 1 aliphatic heterocycles. The molecule has 0 saturated carbocycles. The minimum absolute atomic E-state index is 0.244. The van der Waals surface area contributed by atoms with Gasteiger partial charge in [0.2, 0.25) is 0 Å². The van der Waals surface area contributed by atoms with E-state index in [-0.39, 0.29) is 19.0 Å². The molecule has 0 spiro atoms. The Bertz CT molecular complexity index is 205. The fraction of sp³-hybridized carbons (Fsp3) is 0.714. The lowest BCUT2D eigenvalue weighted by Crippen LogP contribution is -2.35. The van der Waals surface area contributed by atoms with Crippen molar-refractivity contribution in [3.63, 3.8) is 0 Å². The highest BCUT2D eigenvalue weighted by molar-refractivity contribution is 5.99. The summed E-state index contributed by atoms with van der Waals surface area (Å²) in [5.74, 6) is -0.270. The predicted molar refractivity (Wildman–Crippen MR) is 41.3 cm³/mol. The zero-order valence-electron chi connectivity index (χ0n) is 6.95. The zero-order chi connectivity index (χ0) is 9.14. The molecule has 0 aromatic rings. The van der Waals surface area contributed by atoms with Crippen LogP contribution in [0.3, 0.4) is 0 Å². The highest BCUT2D eigenvalue weighted by atomic mass is 16.6. The summed E-state index contributed by atoms with van der Waals surface area (Å²) in [5, 5.41) is 0. The molecule has 5 heteroatoms. The van der Waals surface area contributed by atoms with Gasteiger partial charge in [0.1, 0.15) is 0 Å². The Balaban J connectivity index is 2.64. The molecule has 1 aliphatic rings. The highest BCUT2D eigenvalue weighted by Crippen LogP contribution is 2.14. The summed E-state index contributed by atoms with van der Waals surface area (Å²) in [6.07, 6.45) is -0.646. The van der Waals surface area contributed by atoms with Crippen LogP contribution in [0.4, 0.5) is 4.79 Å². The molecule has 1 rings (SSSR count). The average Bonchev–Trinajstić information content (AvgIpc) is 2.32. The number of hydrogen-bond donors (Lipinski definition) is 1. The standard InChI is InChI=1S/C7H12N2O3/c1-2-5-6(10)9(4-3-8)7(11)12-5/h5H,2-4,8H2,1H3/t5-/m1/s1. The van der Waals surface area contributed by atoms with Crippen LogP contribution < -0.4 is 5.73 Å². The third-order valence-corrected chi connectivity index (χ3v) is 1.73. The van der Waals surface area contributed by atoms with E-state index in [1.165, 1.54) is 0 Å². The highest BCUT2D eigenvalue weighted by Gasteiger charge is 2.38. The molecule has 68 valence electrons. The largest absolute Gasteiger partial charge is 0.436 e. The van der Waals surface area contributed by atoms with Crippen molar-refractivity contribution in [2.75, 3.05) is 13.1 Å². The molecular weight excluding hydrogens is 160 g/mol. The molecule has 1 fully saturated rings. The normalized spacial score (nSPS) is 23.2. The number of cyclic esters (lactones) is 1. The third kappa shape index (κ3) is 1.40. The maximum Gasteiger partial charge on any atom is 0.417 e. The number of nitrogens with two attached hydrogens (primary N) is 1. The van der Waals surface area contributed by atoms with Crippen molar-refractivity contribution in [2.24, 2.45) is 5.73 Å². The summed E-state index contributed by atoms with van der Waals surface area (Å²) in [6.45, 7) is 2.31. The number of hydrogen-bond acceptors (Lipinski definition) is 4. The van der Waals surface area contributed by atoms with Crippen molar-refractivity contribution in [3.05, 3.63) is 0 Å². The molecule has 0 radical (unpaired) electrons. The Morgan fingerprint density at radius 3 is 2.67 bits per heavy atom. The molecule has 0 aromatic carbocycles. The van der Waals surface area contributed by atoms with Crippen LogP contribution >= 0.6 is 0 Å². The molecule has 1 atom stereocenters. The van der Waals surface area contributed by atoms with Crippen molar-refractivity contribution in [1.29, 1.82) is 0 Å². The van der Waals surface area contributed by atoms with Gasteiger partial charge in [-0.15, -0.1) is 0 Å². The number of imide groups is 1. The summed E-state index contributed by atoms with van der Waals surface area (Å²) in [7, 11) is 0. The molecule has 12 heavy (non-hydrogen) atoms. The Morgan fingerprint density at radius 2 is 2.25 bits per heavy atom. The van der Waals surface area contributed by atoms with Gasteiger partial charge < -0.3 is 10.5 Å². The fourth-order valence-corrected chi connectivity index (χ4v) is 1.09. The number of carbonyl (C=O) groups excluding carboxylic acids is 2. The quantitative estimate of drug-likeness (QED) is 0.634. The van der Waals surface area contributed by atoms with Crippen LogP contribution in [-0.4, -0.2) is 36.1 Å². The van der Waals surface area contributed by atoms with E-state index in [9.17, 15) is 9.59 Å². The number of amides is 2. The monoisotopic (exact) mass is 172 g/mol. The topological polar surface area (TPSA) is 72.6 Å². The molecule has 0 bridgehead atoms. The molecule has 2 N–H and O–H groups in total. The van der Waals surface area contributed by atoms with Gasteiger partial charge in [-0.1, -0.05) is 6.92 Å². The van der Waals surface area contributed by atoms with Gasteiger partial charge in [0, 0.05) is 13.1 Å². The fourth-order valence-electron chi connectivity index (χ4n) is 1.09. The second kappa shape index (κ2) is 3.53. The summed E-state index contributed by atoms with van der Waals surface area (Å²) in [5.41, 5.74) is 5.22. The minimum atomic E-state index is -0.593. The van der Waals surface area contributed by atoms with Crippen molar-refractivity contribution in [1.82, 2.24) is 4.90 Å². The lowest BCUT2D eigenvalue weighted by Gasteiger charge is -2.07. The van der Waals surface area contributed by atoms with Gasteiger partial charge in [-0.2, -0.15) is 0 Å². The average molecular weight is 172 g/mol. The van der Waals surface area contributed by atoms with Crippen LogP contribution in [0.5, 0.6) is 0 Å². The van der Waals surface area contributed by atoms with Crippen LogP contribution in [0.15, 0.2) is 0 Å². The van der Waals surface area contributed by atoms with Gasteiger partial charge in [0.15, 0.2) is 6.10 Å². The first-order chi connectivity index (χ1) is 5.70. The van der Waals surface area contributed by atoms with Gasteiger partial charge in [0.05, 0.1) is 0 Å². The second-order valence-corrected chi connectivity index (χ2v) is 2.56. The van der Waals surface area contributed by atoms with Gasteiger partial charge in [-0.05, 0) is 6.42 Å². The van der Waals surface area contributed by atoms with E-state index >= 15 is 0 Å². The maximum absolute atomic E-state index is 11.3. The number of ether oxygens (including phenoxy) is 1. The van der Waals surface area contributed by atoms with Crippen LogP contribution in [0.1, 0.15) is 13.3 Å². The van der Waals surface area contributed by atoms with Gasteiger partial charge in [-0.25, -0.2) is 9.69 Å². The molecule has 0 aromatic heterocycles. The SMILES string of the molecule is CC[C@H]1OC(=O)N(CCN)C1=O. The number of carbonyl (C=O) groups is 2. The minimum Gasteiger partial charge on any atom is -0.436 e. The van der Waals surface area contributed by atoms with Crippen molar-refractivity contribution in [2.45, 2.75) is 19.4 Å². The van der Waals surface area contributed by atoms with Gasteiger partial charge in [-0.3, -0.25) is 4.79 Å². The lowest BCUT2D eigenvalue weighted by atomic mass is 10.2. The Hall–Kier alpha value is -1.10. The van der Waals surface area contributed by atoms with Crippen LogP contribution in [0.2, 0.25) is 0 Å². The molecular formula is C7H12N2O3. The van der Waals surface area contributed by atoms with Crippen molar-refractivity contribution >= 4 is 12.0 Å². The first-order valence-electron chi connectivity index (χ1n) is 3.92. The van der Waals surface area contributed by atoms with Gasteiger partial charge >= 0.3 is 6.09 Å². The van der Waals surface area contributed by atoms with E-state index in [4.69, 9.17) is 10.5 Å². The zero-order valence-corrected chi connectivity index (χ0v) is 6.95. The van der Waals surface area contributed by atoms with Gasteiger partial charge in [0.25, 0.3) is 5.91 Å². The molecule has 0 aliphatic carbocycles. The molecule has 5 nitrogen and oxygen atoms in total. The molecule has 2 amide bonds. The first-order valence-corrected chi connectivity index (χ1v) is 3.92. The summed E-state index contributed by atoms with van der Waals surface area (Å²) in [4.78, 5) is 23.3. The van der Waals surface area contributed by atoms with Crippen LogP contribution in [0, 0.1) is 0 Å². The molecule has 1 heterocycles. The van der Waals surface area contributed by atoms with E-state index in [2.05, 4.69) is 0 Å². The Labute approximate surface area is 70.5 Å². The van der Waals surface area contributed by atoms with E-state index in [1.54, 1.807) is 6.92 Å². The number of rotatable bonds is 3. The van der Waals surface area contributed by atoms with Crippen LogP contribution in [0.25, 0.3) is 0 Å². The summed E-state index contributed by atoms with van der Waals surface area (Å²) in [6, 6.07) is 0. The van der Waals surface area contributed by atoms with Crippen molar-refractivity contribution < 1.29 is 14.3 Å². The van der Waals surface area contributed by atoms with E-state index < -0.39 is 12.2 Å². The smallest absolute Gasteiger partial charge is 0.417 e. The van der Waals surface area contributed by atoms with Crippen molar-refractivity contribution in [3.8, 4) is 0 Å². The summed E-state index contributed by atoms with van der Waals surface area (Å²) >= 11 is 0. The predicted octanol–water partition coefficient (Wildman–Crippen LogP) is -0.298. The van der Waals surface area contributed by atoms with E-state index in [0.29, 0.717) is 6.42 Å². The lowest BCUT2D eigenvalue weighted by molar-refractivity contribution is -0.129. The number of nitrogens with zero attached hydrogens (tertiary/aromatic N) is 1. The van der Waals surface area contributed by atoms with Crippen LogP contribution in [-0.2, 0) is 9.53 Å². The van der Waals surface area contributed by atoms with E-state index in [1.807, 2.05) is 0 Å². The maximum atomic E-state index is 11.3. The first kappa shape index (κ1) is 8.99. The summed E-state index contributed by atoms with van der Waals surface area (Å²) < 4.78 is 4.77. The Morgan fingerprint density at radius 1 is 1.58 bits per heavy atom. The second-order valence-electron chi connectivity index (χ2n) is 2.56.